The number of aryl methyl sites for hydroxylation is 1. The van der Waals surface area contributed by atoms with E-state index in [1.807, 2.05) is 50.2 Å². The first kappa shape index (κ1) is 19.7. The Morgan fingerprint density at radius 1 is 1.12 bits per heavy atom. The summed E-state index contributed by atoms with van der Waals surface area (Å²) >= 11 is 0. The fourth-order valence-corrected chi connectivity index (χ4v) is 2.68. The molecule has 26 heavy (non-hydrogen) atoms. The van der Waals surface area contributed by atoms with Crippen molar-refractivity contribution in [1.82, 2.24) is 5.32 Å². The van der Waals surface area contributed by atoms with Gasteiger partial charge in [0.1, 0.15) is 0 Å². The van der Waals surface area contributed by atoms with Crippen LogP contribution in [-0.2, 0) is 11.3 Å². The van der Waals surface area contributed by atoms with Gasteiger partial charge in [-0.3, -0.25) is 9.59 Å². The van der Waals surface area contributed by atoms with Gasteiger partial charge in [0.25, 0.3) is 5.91 Å². The third-order valence-corrected chi connectivity index (χ3v) is 4.24. The highest BCUT2D eigenvalue weighted by Gasteiger charge is 2.26. The van der Waals surface area contributed by atoms with Gasteiger partial charge >= 0.3 is 0 Å². The number of hydrogen-bond acceptors (Lipinski definition) is 3. The summed E-state index contributed by atoms with van der Waals surface area (Å²) in [6, 6.07) is 14.8. The molecule has 2 amide bonds. The Bertz CT molecular complexity index is 767. The molecule has 5 nitrogen and oxygen atoms in total. The standard InChI is InChI=1S/C21H27N3O2/c1-4-12-21(3,22)20(26)23-14-16-6-5-7-18(13-16)24-19(25)17-10-8-15(2)9-11-17/h5-11,13H,4,12,14,22H2,1-3H3,(H,23,26)(H,24,25). The normalized spacial score (nSPS) is 12.9. The molecule has 0 aliphatic carbocycles. The fourth-order valence-electron chi connectivity index (χ4n) is 2.68. The molecule has 0 aromatic heterocycles. The number of carbonyl (C=O) groups excluding carboxylic acids is 2. The SMILES string of the molecule is CCCC(C)(N)C(=O)NCc1cccc(NC(=O)c2ccc(C)cc2)c1. The summed E-state index contributed by atoms with van der Waals surface area (Å²) in [5.74, 6) is -0.336. The van der Waals surface area contributed by atoms with Gasteiger partial charge in [0.15, 0.2) is 0 Å². The topological polar surface area (TPSA) is 84.2 Å². The number of anilines is 1. The Hall–Kier alpha value is -2.66. The molecule has 0 aliphatic rings. The van der Waals surface area contributed by atoms with Gasteiger partial charge in [0.2, 0.25) is 5.91 Å². The van der Waals surface area contributed by atoms with Crippen LogP contribution in [0.2, 0.25) is 0 Å². The predicted octanol–water partition coefficient (Wildman–Crippen LogP) is 3.38. The van der Waals surface area contributed by atoms with Gasteiger partial charge in [-0.1, -0.05) is 43.2 Å². The van der Waals surface area contributed by atoms with Crippen LogP contribution in [0.3, 0.4) is 0 Å². The minimum absolute atomic E-state index is 0.163. The van der Waals surface area contributed by atoms with Crippen LogP contribution < -0.4 is 16.4 Å². The van der Waals surface area contributed by atoms with E-state index in [-0.39, 0.29) is 11.8 Å². The summed E-state index contributed by atoms with van der Waals surface area (Å²) < 4.78 is 0. The summed E-state index contributed by atoms with van der Waals surface area (Å²) in [4.78, 5) is 24.5. The van der Waals surface area contributed by atoms with Crippen molar-refractivity contribution in [2.75, 3.05) is 5.32 Å². The van der Waals surface area contributed by atoms with Crippen molar-refractivity contribution in [3.05, 3.63) is 65.2 Å². The zero-order valence-corrected chi connectivity index (χ0v) is 15.6. The molecule has 5 heteroatoms. The number of rotatable bonds is 7. The summed E-state index contributed by atoms with van der Waals surface area (Å²) in [7, 11) is 0. The predicted molar refractivity (Wildman–Crippen MR) is 105 cm³/mol. The number of benzene rings is 2. The van der Waals surface area contributed by atoms with Gasteiger partial charge in [-0.15, -0.1) is 0 Å². The van der Waals surface area contributed by atoms with E-state index in [0.717, 1.165) is 17.5 Å². The molecule has 138 valence electrons. The van der Waals surface area contributed by atoms with Crippen molar-refractivity contribution in [2.45, 2.75) is 45.7 Å². The van der Waals surface area contributed by atoms with E-state index in [0.29, 0.717) is 24.2 Å². The number of nitrogens with one attached hydrogen (secondary N) is 2. The second kappa shape index (κ2) is 8.63. The van der Waals surface area contributed by atoms with E-state index < -0.39 is 5.54 Å². The molecule has 2 aromatic carbocycles. The van der Waals surface area contributed by atoms with Crippen LogP contribution >= 0.6 is 0 Å². The summed E-state index contributed by atoms with van der Waals surface area (Å²) in [5.41, 5.74) is 8.46. The van der Waals surface area contributed by atoms with Gasteiger partial charge in [0, 0.05) is 17.8 Å². The average molecular weight is 353 g/mol. The largest absolute Gasteiger partial charge is 0.350 e. The molecule has 0 fully saturated rings. The van der Waals surface area contributed by atoms with Gasteiger partial charge in [-0.25, -0.2) is 0 Å². The number of amides is 2. The molecule has 0 saturated carbocycles. The number of nitrogens with two attached hydrogens (primary N) is 1. The molecule has 0 aliphatic heterocycles. The van der Waals surface area contributed by atoms with Crippen LogP contribution in [0.15, 0.2) is 48.5 Å². The lowest BCUT2D eigenvalue weighted by Gasteiger charge is -2.22. The first-order valence-corrected chi connectivity index (χ1v) is 8.86. The molecule has 1 unspecified atom stereocenters. The van der Waals surface area contributed by atoms with Gasteiger partial charge in [-0.05, 0) is 50.1 Å². The lowest BCUT2D eigenvalue weighted by Crippen LogP contribution is -2.51. The maximum atomic E-state index is 12.3. The molecule has 0 bridgehead atoms. The first-order chi connectivity index (χ1) is 12.3. The first-order valence-electron chi connectivity index (χ1n) is 8.86. The molecule has 0 heterocycles. The Morgan fingerprint density at radius 3 is 2.46 bits per heavy atom. The maximum Gasteiger partial charge on any atom is 0.255 e. The van der Waals surface area contributed by atoms with E-state index in [1.165, 1.54) is 0 Å². The zero-order chi connectivity index (χ0) is 19.2. The molecule has 1 atom stereocenters. The highest BCUT2D eigenvalue weighted by Crippen LogP contribution is 2.14. The smallest absolute Gasteiger partial charge is 0.255 e. The van der Waals surface area contributed by atoms with Crippen LogP contribution in [0.4, 0.5) is 5.69 Å². The van der Waals surface area contributed by atoms with Crippen LogP contribution in [0.25, 0.3) is 0 Å². The second-order valence-electron chi connectivity index (χ2n) is 6.87. The molecular weight excluding hydrogens is 326 g/mol. The minimum Gasteiger partial charge on any atom is -0.350 e. The quantitative estimate of drug-likeness (QED) is 0.713. The minimum atomic E-state index is -0.869. The van der Waals surface area contributed by atoms with Gasteiger partial charge in [0.05, 0.1) is 5.54 Å². The van der Waals surface area contributed by atoms with Crippen LogP contribution in [0, 0.1) is 6.92 Å². The average Bonchev–Trinajstić information content (AvgIpc) is 2.60. The van der Waals surface area contributed by atoms with Crippen molar-refractivity contribution < 1.29 is 9.59 Å². The molecule has 0 spiro atoms. The molecule has 4 N–H and O–H groups in total. The molecule has 0 radical (unpaired) electrons. The van der Waals surface area contributed by atoms with Crippen LogP contribution in [0.5, 0.6) is 0 Å². The highest BCUT2D eigenvalue weighted by molar-refractivity contribution is 6.04. The monoisotopic (exact) mass is 353 g/mol. The maximum absolute atomic E-state index is 12.3. The summed E-state index contributed by atoms with van der Waals surface area (Å²) in [6.45, 7) is 6.08. The zero-order valence-electron chi connectivity index (χ0n) is 15.6. The summed E-state index contributed by atoms with van der Waals surface area (Å²) in [6.07, 6.45) is 1.48. The fraction of sp³-hybridized carbons (Fsp3) is 0.333. The van der Waals surface area contributed by atoms with Crippen molar-refractivity contribution >= 4 is 17.5 Å². The van der Waals surface area contributed by atoms with Gasteiger partial charge < -0.3 is 16.4 Å². The molecule has 2 aromatic rings. The third-order valence-electron chi connectivity index (χ3n) is 4.24. The van der Waals surface area contributed by atoms with Crippen LogP contribution in [-0.4, -0.2) is 17.4 Å². The third kappa shape index (κ3) is 5.43. The van der Waals surface area contributed by atoms with E-state index in [4.69, 9.17) is 5.73 Å². The van der Waals surface area contributed by atoms with E-state index in [9.17, 15) is 9.59 Å². The van der Waals surface area contributed by atoms with E-state index in [1.54, 1.807) is 19.1 Å². The highest BCUT2D eigenvalue weighted by atomic mass is 16.2. The lowest BCUT2D eigenvalue weighted by atomic mass is 9.96. The lowest BCUT2D eigenvalue weighted by molar-refractivity contribution is -0.126. The van der Waals surface area contributed by atoms with Gasteiger partial charge in [-0.2, -0.15) is 0 Å². The molecule has 2 rings (SSSR count). The van der Waals surface area contributed by atoms with Crippen LogP contribution in [0.1, 0.15) is 48.2 Å². The summed E-state index contributed by atoms with van der Waals surface area (Å²) in [5, 5.41) is 5.75. The Kier molecular flexibility index (Phi) is 6.52. The van der Waals surface area contributed by atoms with Crippen molar-refractivity contribution in [1.29, 1.82) is 0 Å². The Balaban J connectivity index is 1.98. The van der Waals surface area contributed by atoms with Crippen molar-refractivity contribution in [3.63, 3.8) is 0 Å². The van der Waals surface area contributed by atoms with Crippen molar-refractivity contribution in [3.8, 4) is 0 Å². The van der Waals surface area contributed by atoms with Crippen molar-refractivity contribution in [2.24, 2.45) is 5.73 Å². The van der Waals surface area contributed by atoms with E-state index >= 15 is 0 Å². The second-order valence-corrected chi connectivity index (χ2v) is 6.87. The molecule has 0 saturated heterocycles. The Morgan fingerprint density at radius 2 is 1.81 bits per heavy atom. The number of hydrogen-bond donors (Lipinski definition) is 3. The number of carbonyl (C=O) groups is 2. The van der Waals surface area contributed by atoms with E-state index in [2.05, 4.69) is 10.6 Å². The molecular formula is C21H27N3O2. The Labute approximate surface area is 155 Å².